The molecule has 1 aliphatic rings. The van der Waals surface area contributed by atoms with Crippen molar-refractivity contribution in [3.63, 3.8) is 0 Å². The number of rotatable bonds is 4. The quantitative estimate of drug-likeness (QED) is 0.855. The van der Waals surface area contributed by atoms with Crippen LogP contribution < -0.4 is 10.1 Å². The lowest BCUT2D eigenvalue weighted by Crippen LogP contribution is -2.03. The number of benzene rings is 2. The van der Waals surface area contributed by atoms with E-state index in [2.05, 4.69) is 35.4 Å². The number of hydrogen-bond donors (Lipinski definition) is 1. The van der Waals surface area contributed by atoms with Gasteiger partial charge in [0.15, 0.2) is 0 Å². The van der Waals surface area contributed by atoms with Crippen LogP contribution in [0.4, 0.5) is 10.1 Å². The van der Waals surface area contributed by atoms with Crippen LogP contribution >= 0.6 is 0 Å². The minimum Gasteiger partial charge on any atom is -0.493 e. The topological polar surface area (TPSA) is 21.3 Å². The van der Waals surface area contributed by atoms with Crippen LogP contribution in [0.1, 0.15) is 30.0 Å². The van der Waals surface area contributed by atoms with Crippen LogP contribution in [0.3, 0.4) is 0 Å². The predicted molar refractivity (Wildman–Crippen MR) is 91.7 cm³/mol. The number of nitrogens with one attached hydrogen (secondary N) is 1. The number of anilines is 1. The monoisotopic (exact) mass is 309 g/mol. The molecule has 0 saturated heterocycles. The molecular weight excluding hydrogens is 289 g/mol. The summed E-state index contributed by atoms with van der Waals surface area (Å²) in [6.45, 7) is 2.94. The summed E-state index contributed by atoms with van der Waals surface area (Å²) in [5.41, 5.74) is 4.50. The molecule has 3 heteroatoms. The molecule has 2 aromatic rings. The first-order valence-corrected chi connectivity index (χ1v) is 7.96. The van der Waals surface area contributed by atoms with Gasteiger partial charge in [-0.1, -0.05) is 17.9 Å². The summed E-state index contributed by atoms with van der Waals surface area (Å²) in [7, 11) is 0. The normalized spacial score (nSPS) is 13.5. The lowest BCUT2D eigenvalue weighted by Gasteiger charge is -2.06. The molecule has 1 unspecified atom stereocenters. The Morgan fingerprint density at radius 3 is 2.65 bits per heavy atom. The van der Waals surface area contributed by atoms with Crippen molar-refractivity contribution in [1.82, 2.24) is 0 Å². The van der Waals surface area contributed by atoms with E-state index in [1.165, 1.54) is 18.2 Å². The fourth-order valence-electron chi connectivity index (χ4n) is 2.49. The molecule has 23 heavy (non-hydrogen) atoms. The number of fused-ring (bicyclic) bond motifs is 1. The Morgan fingerprint density at radius 1 is 1.13 bits per heavy atom. The molecule has 0 aliphatic carbocycles. The zero-order valence-electron chi connectivity index (χ0n) is 13.2. The largest absolute Gasteiger partial charge is 0.493 e. The van der Waals surface area contributed by atoms with E-state index in [-0.39, 0.29) is 0 Å². The third-order valence-electron chi connectivity index (χ3n) is 3.81. The fraction of sp³-hybridized carbons (Fsp3) is 0.300. The van der Waals surface area contributed by atoms with Crippen molar-refractivity contribution in [3.05, 3.63) is 59.2 Å². The zero-order chi connectivity index (χ0) is 16.1. The number of ether oxygens (including phenoxy) is 1. The smallest absolute Gasteiger partial charge is 0.119 e. The highest BCUT2D eigenvalue weighted by Gasteiger charge is 2.08. The van der Waals surface area contributed by atoms with Gasteiger partial charge in [-0.15, -0.1) is 0 Å². The highest BCUT2D eigenvalue weighted by molar-refractivity contribution is 5.60. The Morgan fingerprint density at radius 2 is 1.87 bits per heavy atom. The zero-order valence-corrected chi connectivity index (χ0v) is 13.2. The molecule has 0 radical (unpaired) electrons. The van der Waals surface area contributed by atoms with Crippen LogP contribution in [-0.4, -0.2) is 19.3 Å². The maximum atomic E-state index is 12.7. The molecule has 1 N–H and O–H groups in total. The van der Waals surface area contributed by atoms with Crippen molar-refractivity contribution in [2.45, 2.75) is 25.9 Å². The van der Waals surface area contributed by atoms with Gasteiger partial charge >= 0.3 is 0 Å². The first kappa shape index (κ1) is 15.4. The van der Waals surface area contributed by atoms with Crippen LogP contribution in [0.25, 0.3) is 0 Å². The van der Waals surface area contributed by atoms with Gasteiger partial charge in [0.25, 0.3) is 0 Å². The van der Waals surface area contributed by atoms with Gasteiger partial charge in [0.2, 0.25) is 0 Å². The molecule has 0 bridgehead atoms. The Hall–Kier alpha value is -2.47. The maximum Gasteiger partial charge on any atom is 0.119 e. The summed E-state index contributed by atoms with van der Waals surface area (Å²) in [6, 6.07) is 13.9. The summed E-state index contributed by atoms with van der Waals surface area (Å²) >= 11 is 0. The van der Waals surface area contributed by atoms with E-state index < -0.39 is 6.17 Å². The van der Waals surface area contributed by atoms with E-state index in [1.54, 1.807) is 0 Å². The van der Waals surface area contributed by atoms with E-state index in [0.29, 0.717) is 13.0 Å². The van der Waals surface area contributed by atoms with E-state index in [1.807, 2.05) is 24.3 Å². The Balaban J connectivity index is 1.62. The van der Waals surface area contributed by atoms with Gasteiger partial charge < -0.3 is 10.1 Å². The third kappa shape index (κ3) is 4.26. The second-order valence-corrected chi connectivity index (χ2v) is 5.74. The van der Waals surface area contributed by atoms with Crippen molar-refractivity contribution < 1.29 is 9.13 Å². The average molecular weight is 309 g/mol. The van der Waals surface area contributed by atoms with E-state index in [0.717, 1.165) is 29.8 Å². The molecule has 0 fully saturated rings. The summed E-state index contributed by atoms with van der Waals surface area (Å²) in [5.74, 6) is 7.10. The van der Waals surface area contributed by atoms with Gasteiger partial charge in [-0.2, -0.15) is 0 Å². The summed E-state index contributed by atoms with van der Waals surface area (Å²) in [6.07, 6.45) is 0.668. The highest BCUT2D eigenvalue weighted by Crippen LogP contribution is 2.22. The lowest BCUT2D eigenvalue weighted by molar-refractivity contribution is 0.247. The number of alkyl halides is 1. The number of halogens is 1. The first-order chi connectivity index (χ1) is 11.2. The van der Waals surface area contributed by atoms with Gasteiger partial charge in [-0.25, -0.2) is 4.39 Å². The average Bonchev–Trinajstić information content (AvgIpc) is 3.01. The van der Waals surface area contributed by atoms with Crippen LogP contribution in [0.5, 0.6) is 5.75 Å². The molecule has 0 aromatic heterocycles. The van der Waals surface area contributed by atoms with Gasteiger partial charge in [0.1, 0.15) is 11.9 Å². The standard InChI is InChI=1S/C20H20FNO/c1-15(21)11-13-23-19-8-5-16(6-9-19)2-3-17-4-7-18-10-12-22-20(18)14-17/h4-9,14-15,22H,10-13H2,1H3. The minimum absolute atomic E-state index is 0.394. The van der Waals surface area contributed by atoms with Crippen LogP contribution in [0.2, 0.25) is 0 Å². The second kappa shape index (κ2) is 7.19. The Kier molecular flexibility index (Phi) is 4.83. The highest BCUT2D eigenvalue weighted by atomic mass is 19.1. The molecule has 0 spiro atoms. The van der Waals surface area contributed by atoms with Gasteiger partial charge in [-0.05, 0) is 55.3 Å². The molecule has 1 heterocycles. The summed E-state index contributed by atoms with van der Waals surface area (Å²) in [4.78, 5) is 0. The minimum atomic E-state index is -0.832. The van der Waals surface area contributed by atoms with Crippen molar-refractivity contribution in [2.75, 3.05) is 18.5 Å². The van der Waals surface area contributed by atoms with Gasteiger partial charge in [-0.3, -0.25) is 0 Å². The van der Waals surface area contributed by atoms with Crippen molar-refractivity contribution >= 4 is 5.69 Å². The summed E-state index contributed by atoms with van der Waals surface area (Å²) in [5, 5.41) is 3.36. The van der Waals surface area contributed by atoms with Crippen LogP contribution in [-0.2, 0) is 6.42 Å². The predicted octanol–water partition coefficient (Wildman–Crippen LogP) is 4.18. The van der Waals surface area contributed by atoms with E-state index in [9.17, 15) is 4.39 Å². The molecular formula is C20H20FNO. The Labute approximate surface area is 136 Å². The van der Waals surface area contributed by atoms with Crippen LogP contribution in [0.15, 0.2) is 42.5 Å². The Bertz CT molecular complexity index is 726. The van der Waals surface area contributed by atoms with Crippen LogP contribution in [0, 0.1) is 11.8 Å². The molecule has 1 aliphatic heterocycles. The molecule has 0 amide bonds. The third-order valence-corrected chi connectivity index (χ3v) is 3.81. The van der Waals surface area contributed by atoms with Crippen molar-refractivity contribution in [1.29, 1.82) is 0 Å². The lowest BCUT2D eigenvalue weighted by atomic mass is 10.1. The van der Waals surface area contributed by atoms with Crippen molar-refractivity contribution in [3.8, 4) is 17.6 Å². The molecule has 3 rings (SSSR count). The van der Waals surface area contributed by atoms with Crippen molar-refractivity contribution in [2.24, 2.45) is 0 Å². The fourth-order valence-corrected chi connectivity index (χ4v) is 2.49. The molecule has 118 valence electrons. The van der Waals surface area contributed by atoms with E-state index in [4.69, 9.17) is 4.74 Å². The maximum absolute atomic E-state index is 12.7. The summed E-state index contributed by atoms with van der Waals surface area (Å²) < 4.78 is 18.2. The molecule has 0 saturated carbocycles. The molecule has 1 atom stereocenters. The number of hydrogen-bond acceptors (Lipinski definition) is 2. The van der Waals surface area contributed by atoms with Gasteiger partial charge in [0, 0.05) is 29.8 Å². The van der Waals surface area contributed by atoms with E-state index >= 15 is 0 Å². The first-order valence-electron chi connectivity index (χ1n) is 7.96. The molecule has 2 aromatic carbocycles. The molecule has 2 nitrogen and oxygen atoms in total. The SMILES string of the molecule is CC(F)CCOc1ccc(C#Cc2ccc3c(c2)NCC3)cc1. The van der Waals surface area contributed by atoms with Gasteiger partial charge in [0.05, 0.1) is 6.61 Å². The second-order valence-electron chi connectivity index (χ2n) is 5.74.